The first-order valence-electron chi connectivity index (χ1n) is 8.60. The van der Waals surface area contributed by atoms with Crippen LogP contribution in [-0.2, 0) is 9.59 Å². The molecule has 1 aromatic rings. The normalized spacial score (nSPS) is 21.8. The van der Waals surface area contributed by atoms with Gasteiger partial charge in [0.05, 0.1) is 7.05 Å². The van der Waals surface area contributed by atoms with Crippen molar-refractivity contribution in [1.82, 2.24) is 5.32 Å². The molecule has 3 N–H and O–H groups in total. The Kier molecular flexibility index (Phi) is 7.06. The quantitative estimate of drug-likeness (QED) is 0.726. The molecule has 24 heavy (non-hydrogen) atoms. The third-order valence-electron chi connectivity index (χ3n) is 4.51. The summed E-state index contributed by atoms with van der Waals surface area (Å²) < 4.78 is 0. The average molecular weight is 353 g/mol. The van der Waals surface area contributed by atoms with Gasteiger partial charge in [0.15, 0.2) is 13.1 Å². The fourth-order valence-electron chi connectivity index (χ4n) is 3.14. The second-order valence-electron chi connectivity index (χ2n) is 6.80. The Morgan fingerprint density at radius 1 is 1.12 bits per heavy atom. The number of benzene rings is 1. The molecule has 0 heterocycles. The SMILES string of the molecule is C[C@H]1CCCC[C@H]1NC(=O)C[NH+](C)CC(=O)Nc1ccc(Cl)cc1. The van der Waals surface area contributed by atoms with Gasteiger partial charge in [-0.05, 0) is 43.0 Å². The summed E-state index contributed by atoms with van der Waals surface area (Å²) in [5.41, 5.74) is 0.706. The van der Waals surface area contributed by atoms with Gasteiger partial charge in [-0.15, -0.1) is 0 Å². The van der Waals surface area contributed by atoms with Gasteiger partial charge in [-0.3, -0.25) is 9.59 Å². The molecule has 0 bridgehead atoms. The van der Waals surface area contributed by atoms with Gasteiger partial charge in [0, 0.05) is 16.8 Å². The first-order chi connectivity index (χ1) is 11.4. The third-order valence-corrected chi connectivity index (χ3v) is 4.76. The maximum absolute atomic E-state index is 12.2. The molecule has 3 atom stereocenters. The highest BCUT2D eigenvalue weighted by Gasteiger charge is 2.24. The number of carbonyl (C=O) groups excluding carboxylic acids is 2. The molecule has 132 valence electrons. The van der Waals surface area contributed by atoms with E-state index in [-0.39, 0.29) is 24.4 Å². The molecule has 2 rings (SSSR count). The zero-order valence-corrected chi connectivity index (χ0v) is 15.2. The fraction of sp³-hybridized carbons (Fsp3) is 0.556. The van der Waals surface area contributed by atoms with Crippen LogP contribution in [0.3, 0.4) is 0 Å². The van der Waals surface area contributed by atoms with Crippen molar-refractivity contribution >= 4 is 29.1 Å². The Morgan fingerprint density at radius 2 is 1.75 bits per heavy atom. The van der Waals surface area contributed by atoms with Crippen LogP contribution in [-0.4, -0.2) is 38.0 Å². The molecule has 1 saturated carbocycles. The number of rotatable bonds is 6. The van der Waals surface area contributed by atoms with Gasteiger partial charge in [-0.2, -0.15) is 0 Å². The standard InChI is InChI=1S/C18H26ClN3O2/c1-13-5-3-4-6-16(13)21-18(24)12-22(2)11-17(23)20-15-9-7-14(19)8-10-15/h7-10,13,16H,3-6,11-12H2,1-2H3,(H,20,23)(H,21,24)/p+1/t13-,16+/m0/s1. The van der Waals surface area contributed by atoms with E-state index in [1.807, 2.05) is 7.05 Å². The lowest BCUT2D eigenvalue weighted by Crippen LogP contribution is -3.11. The largest absolute Gasteiger partial charge is 0.348 e. The first-order valence-corrected chi connectivity index (χ1v) is 8.98. The smallest absolute Gasteiger partial charge is 0.279 e. The van der Waals surface area contributed by atoms with E-state index in [2.05, 4.69) is 17.6 Å². The summed E-state index contributed by atoms with van der Waals surface area (Å²) in [7, 11) is 1.85. The maximum Gasteiger partial charge on any atom is 0.279 e. The van der Waals surface area contributed by atoms with Crippen molar-refractivity contribution in [3.63, 3.8) is 0 Å². The van der Waals surface area contributed by atoms with Crippen LogP contribution in [0.4, 0.5) is 5.69 Å². The van der Waals surface area contributed by atoms with Crippen molar-refractivity contribution in [1.29, 1.82) is 0 Å². The van der Waals surface area contributed by atoms with Crippen molar-refractivity contribution in [2.45, 2.75) is 38.6 Å². The number of quaternary nitrogens is 1. The molecule has 1 aromatic carbocycles. The van der Waals surface area contributed by atoms with E-state index in [1.165, 1.54) is 19.3 Å². The Hall–Kier alpha value is -1.59. The minimum atomic E-state index is -0.117. The van der Waals surface area contributed by atoms with E-state index in [1.54, 1.807) is 24.3 Å². The lowest BCUT2D eigenvalue weighted by atomic mass is 9.86. The molecule has 0 spiro atoms. The first kappa shape index (κ1) is 18.7. The molecular weight excluding hydrogens is 326 g/mol. The van der Waals surface area contributed by atoms with Crippen LogP contribution in [0.1, 0.15) is 32.6 Å². The van der Waals surface area contributed by atoms with Gasteiger partial charge in [-0.25, -0.2) is 0 Å². The predicted molar refractivity (Wildman–Crippen MR) is 96.3 cm³/mol. The lowest BCUT2D eigenvalue weighted by Gasteiger charge is -2.29. The molecular formula is C18H27ClN3O2+. The topological polar surface area (TPSA) is 62.6 Å². The molecule has 0 aromatic heterocycles. The van der Waals surface area contributed by atoms with E-state index < -0.39 is 0 Å². The number of hydrogen-bond acceptors (Lipinski definition) is 2. The highest BCUT2D eigenvalue weighted by atomic mass is 35.5. The molecule has 0 aliphatic heterocycles. The summed E-state index contributed by atoms with van der Waals surface area (Å²) in [6.45, 7) is 2.74. The number of halogens is 1. The highest BCUT2D eigenvalue weighted by molar-refractivity contribution is 6.30. The zero-order chi connectivity index (χ0) is 17.5. The molecule has 0 saturated heterocycles. The van der Waals surface area contributed by atoms with Gasteiger partial charge >= 0.3 is 0 Å². The number of nitrogens with one attached hydrogen (secondary N) is 3. The van der Waals surface area contributed by atoms with Gasteiger partial charge in [0.25, 0.3) is 11.8 Å². The summed E-state index contributed by atoms with van der Waals surface area (Å²) in [5.74, 6) is 0.440. The lowest BCUT2D eigenvalue weighted by molar-refractivity contribution is -0.862. The number of amides is 2. The van der Waals surface area contributed by atoms with Crippen LogP contribution in [0.15, 0.2) is 24.3 Å². The maximum atomic E-state index is 12.2. The Bertz CT molecular complexity index is 562. The number of hydrogen-bond donors (Lipinski definition) is 3. The van der Waals surface area contributed by atoms with E-state index in [0.717, 1.165) is 11.3 Å². The zero-order valence-electron chi connectivity index (χ0n) is 14.4. The average Bonchev–Trinajstić information content (AvgIpc) is 2.51. The summed E-state index contributed by atoms with van der Waals surface area (Å²) in [4.78, 5) is 25.1. The van der Waals surface area contributed by atoms with Gasteiger partial charge < -0.3 is 15.5 Å². The monoisotopic (exact) mass is 352 g/mol. The van der Waals surface area contributed by atoms with E-state index in [0.29, 0.717) is 23.2 Å². The number of anilines is 1. The summed E-state index contributed by atoms with van der Waals surface area (Å²) >= 11 is 5.82. The van der Waals surface area contributed by atoms with Crippen molar-refractivity contribution in [3.05, 3.63) is 29.3 Å². The predicted octanol–water partition coefficient (Wildman–Crippen LogP) is 1.49. The molecule has 1 unspecified atom stereocenters. The second-order valence-corrected chi connectivity index (χ2v) is 7.24. The molecule has 1 aliphatic rings. The minimum Gasteiger partial charge on any atom is -0.348 e. The summed E-state index contributed by atoms with van der Waals surface area (Å²) in [5, 5.41) is 6.56. The van der Waals surface area contributed by atoms with Crippen molar-refractivity contribution < 1.29 is 14.5 Å². The molecule has 5 nitrogen and oxygen atoms in total. The van der Waals surface area contributed by atoms with Gasteiger partial charge in [0.2, 0.25) is 0 Å². The van der Waals surface area contributed by atoms with Crippen LogP contribution >= 0.6 is 11.6 Å². The number of carbonyl (C=O) groups is 2. The summed E-state index contributed by atoms with van der Waals surface area (Å²) in [6.07, 6.45) is 4.67. The fourth-order valence-corrected chi connectivity index (χ4v) is 3.26. The van der Waals surface area contributed by atoms with Gasteiger partial charge in [0.1, 0.15) is 0 Å². The minimum absolute atomic E-state index is 0.0190. The molecule has 1 fully saturated rings. The van der Waals surface area contributed by atoms with Crippen molar-refractivity contribution in [2.75, 3.05) is 25.5 Å². The van der Waals surface area contributed by atoms with Crippen LogP contribution in [0, 0.1) is 5.92 Å². The molecule has 2 amide bonds. The van der Waals surface area contributed by atoms with Gasteiger partial charge in [-0.1, -0.05) is 31.4 Å². The van der Waals surface area contributed by atoms with E-state index >= 15 is 0 Å². The van der Waals surface area contributed by atoms with Crippen LogP contribution in [0.25, 0.3) is 0 Å². The van der Waals surface area contributed by atoms with Crippen molar-refractivity contribution in [3.8, 4) is 0 Å². The Balaban J connectivity index is 1.73. The molecule has 1 aliphatic carbocycles. The summed E-state index contributed by atoms with van der Waals surface area (Å²) in [6, 6.07) is 7.25. The van der Waals surface area contributed by atoms with E-state index in [4.69, 9.17) is 11.6 Å². The second kappa shape index (κ2) is 9.04. The molecule has 6 heteroatoms. The van der Waals surface area contributed by atoms with Crippen LogP contribution < -0.4 is 15.5 Å². The van der Waals surface area contributed by atoms with Crippen molar-refractivity contribution in [2.24, 2.45) is 5.92 Å². The van der Waals surface area contributed by atoms with E-state index in [9.17, 15) is 9.59 Å². The Labute approximate surface area is 148 Å². The Morgan fingerprint density at radius 3 is 2.42 bits per heavy atom. The number of likely N-dealkylation sites (N-methyl/N-ethyl adjacent to an activating group) is 1. The molecule has 0 radical (unpaired) electrons. The third kappa shape index (κ3) is 6.13. The highest BCUT2D eigenvalue weighted by Crippen LogP contribution is 2.23. The van der Waals surface area contributed by atoms with Crippen LogP contribution in [0.2, 0.25) is 5.02 Å². The van der Waals surface area contributed by atoms with Crippen LogP contribution in [0.5, 0.6) is 0 Å².